The summed E-state index contributed by atoms with van der Waals surface area (Å²) < 4.78 is 6.94. The highest BCUT2D eigenvalue weighted by atomic mass is 35.5. The average Bonchev–Trinajstić information content (AvgIpc) is 3.37. The van der Waals surface area contributed by atoms with E-state index in [1.165, 1.54) is 5.56 Å². The largest absolute Gasteiger partial charge is 0.497 e. The number of aliphatic imine (C=N–C) groups is 1. The fourth-order valence-electron chi connectivity index (χ4n) is 4.84. The number of hydrogen-bond acceptors (Lipinski definition) is 4. The molecule has 0 spiro atoms. The van der Waals surface area contributed by atoms with Crippen LogP contribution in [0, 0.1) is 0 Å². The second-order valence-electron chi connectivity index (χ2n) is 9.80. The van der Waals surface area contributed by atoms with Crippen LogP contribution in [0.2, 0.25) is 10.0 Å². The number of carbonyl (C=O) groups excluding carboxylic acids is 2. The van der Waals surface area contributed by atoms with E-state index in [0.717, 1.165) is 23.3 Å². The Morgan fingerprint density at radius 1 is 1.07 bits per heavy atom. The molecule has 0 unspecified atom stereocenters. The summed E-state index contributed by atoms with van der Waals surface area (Å²) in [5, 5.41) is 5.58. The molecule has 0 N–H and O–H groups in total. The van der Waals surface area contributed by atoms with Crippen LogP contribution in [0.3, 0.4) is 0 Å². The molecule has 0 bridgehead atoms. The molecule has 2 amide bonds. The van der Waals surface area contributed by atoms with Crippen LogP contribution in [0.25, 0.3) is 17.3 Å². The van der Waals surface area contributed by atoms with E-state index in [9.17, 15) is 9.59 Å². The normalized spacial score (nSPS) is 14.7. The molecule has 4 aromatic rings. The number of nitrogens with zero attached hydrogens (tertiary/aromatic N) is 4. The number of fused-ring (bicyclic) bond motifs is 1. The Bertz CT molecular complexity index is 1630. The third kappa shape index (κ3) is 6.26. The second-order valence-corrected chi connectivity index (χ2v) is 10.6. The molecule has 0 aliphatic carbocycles. The van der Waals surface area contributed by atoms with Gasteiger partial charge in [-0.05, 0) is 65.4 Å². The first-order valence-electron chi connectivity index (χ1n) is 13.1. The molecule has 2 heterocycles. The van der Waals surface area contributed by atoms with Crippen LogP contribution >= 0.6 is 23.2 Å². The average molecular weight is 588 g/mol. The van der Waals surface area contributed by atoms with Crippen LogP contribution in [-0.4, -0.2) is 46.9 Å². The van der Waals surface area contributed by atoms with Crippen molar-refractivity contribution in [3.8, 4) is 11.4 Å². The van der Waals surface area contributed by atoms with Crippen molar-refractivity contribution in [2.75, 3.05) is 13.7 Å². The van der Waals surface area contributed by atoms with Crippen molar-refractivity contribution in [3.63, 3.8) is 0 Å². The summed E-state index contributed by atoms with van der Waals surface area (Å²) in [6, 6.07) is 22.7. The molecule has 1 aromatic heterocycles. The van der Waals surface area contributed by atoms with Gasteiger partial charge < -0.3 is 9.64 Å². The van der Waals surface area contributed by atoms with Crippen molar-refractivity contribution in [3.05, 3.63) is 111 Å². The molecule has 208 valence electrons. The third-order valence-corrected chi connectivity index (χ3v) is 7.54. The molecule has 41 heavy (non-hydrogen) atoms. The number of ether oxygens (including phenoxy) is 1. The minimum absolute atomic E-state index is 0.168. The first-order chi connectivity index (χ1) is 19.9. The number of carbonyl (C=O) groups is 2. The third-order valence-electron chi connectivity index (χ3n) is 7.00. The number of hydrogen-bond donors (Lipinski definition) is 0. The highest BCUT2D eigenvalue weighted by molar-refractivity contribution is 6.35. The summed E-state index contributed by atoms with van der Waals surface area (Å²) >= 11 is 12.8. The number of rotatable bonds is 8. The zero-order chi connectivity index (χ0) is 28.9. The Morgan fingerprint density at radius 3 is 2.51 bits per heavy atom. The van der Waals surface area contributed by atoms with Gasteiger partial charge >= 0.3 is 0 Å². The molecule has 0 saturated carbocycles. The van der Waals surface area contributed by atoms with E-state index in [0.29, 0.717) is 40.0 Å². The Morgan fingerprint density at radius 2 is 1.83 bits per heavy atom. The van der Waals surface area contributed by atoms with Crippen molar-refractivity contribution in [2.45, 2.75) is 25.8 Å². The lowest BCUT2D eigenvalue weighted by molar-refractivity contribution is -0.118. The lowest BCUT2D eigenvalue weighted by Crippen LogP contribution is -2.29. The molecule has 0 saturated heterocycles. The van der Waals surface area contributed by atoms with Crippen LogP contribution < -0.4 is 4.74 Å². The summed E-state index contributed by atoms with van der Waals surface area (Å²) in [5.41, 5.74) is 4.89. The Kier molecular flexibility index (Phi) is 8.67. The van der Waals surface area contributed by atoms with Gasteiger partial charge in [-0.25, -0.2) is 9.67 Å². The second kappa shape index (κ2) is 12.5. The van der Waals surface area contributed by atoms with Gasteiger partial charge in [-0.15, -0.1) is 0 Å². The van der Waals surface area contributed by atoms with E-state index in [-0.39, 0.29) is 18.2 Å². The molecular weight excluding hydrogens is 559 g/mol. The van der Waals surface area contributed by atoms with Gasteiger partial charge in [0.2, 0.25) is 6.41 Å². The quantitative estimate of drug-likeness (QED) is 0.163. The highest BCUT2D eigenvalue weighted by Crippen LogP contribution is 2.36. The topological polar surface area (TPSA) is 76.8 Å². The van der Waals surface area contributed by atoms with E-state index >= 15 is 0 Å². The number of methoxy groups -OCH3 is 1. The SMILES string of the molecule is COc1ccc(/C=C2\CN(C=O)Cc3c(C(=O)N=CC[C@H](C)c4ccccc4)nn(-c4ccc(Cl)cc4Cl)c32)cc1. The van der Waals surface area contributed by atoms with Crippen LogP contribution in [0.15, 0.2) is 77.8 Å². The Labute approximate surface area is 248 Å². The molecule has 1 aliphatic heterocycles. The first kappa shape index (κ1) is 28.3. The monoisotopic (exact) mass is 586 g/mol. The minimum atomic E-state index is -0.484. The summed E-state index contributed by atoms with van der Waals surface area (Å²) in [7, 11) is 1.61. The summed E-state index contributed by atoms with van der Waals surface area (Å²) in [4.78, 5) is 31.3. The van der Waals surface area contributed by atoms with Gasteiger partial charge in [-0.2, -0.15) is 5.10 Å². The molecular formula is C32H28Cl2N4O3. The zero-order valence-electron chi connectivity index (χ0n) is 22.6. The van der Waals surface area contributed by atoms with Crippen LogP contribution in [0.5, 0.6) is 5.75 Å². The standard InChI is InChI=1S/C32H28Cl2N4O3/c1-21(23-6-4-3-5-7-23)14-15-35-32(40)30-27-19-37(20-39)18-24(16-22-8-11-26(41-2)12-9-22)31(27)38(36-30)29-13-10-25(33)17-28(29)34/h3-13,15-17,20-21H,14,18-19H2,1-2H3/b24-16+,35-15?/t21-/m0/s1. The molecule has 0 fully saturated rings. The van der Waals surface area contributed by atoms with Gasteiger partial charge in [0, 0.05) is 23.3 Å². The van der Waals surface area contributed by atoms with Crippen molar-refractivity contribution >= 4 is 53.4 Å². The fourth-order valence-corrected chi connectivity index (χ4v) is 5.33. The van der Waals surface area contributed by atoms with E-state index < -0.39 is 5.91 Å². The minimum Gasteiger partial charge on any atom is -0.497 e. The molecule has 3 aromatic carbocycles. The molecule has 1 atom stereocenters. The zero-order valence-corrected chi connectivity index (χ0v) is 24.1. The van der Waals surface area contributed by atoms with Gasteiger partial charge in [0.25, 0.3) is 5.91 Å². The van der Waals surface area contributed by atoms with Crippen molar-refractivity contribution in [1.82, 2.24) is 14.7 Å². The number of aromatic nitrogens is 2. The molecule has 5 rings (SSSR count). The molecule has 9 heteroatoms. The van der Waals surface area contributed by atoms with E-state index in [2.05, 4.69) is 24.0 Å². The number of halogens is 2. The smallest absolute Gasteiger partial charge is 0.297 e. The Balaban J connectivity index is 1.58. The highest BCUT2D eigenvalue weighted by Gasteiger charge is 2.31. The van der Waals surface area contributed by atoms with Gasteiger partial charge in [-0.3, -0.25) is 9.59 Å². The lowest BCUT2D eigenvalue weighted by Gasteiger charge is -2.26. The van der Waals surface area contributed by atoms with E-state index in [1.54, 1.807) is 41.1 Å². The maximum Gasteiger partial charge on any atom is 0.297 e. The summed E-state index contributed by atoms with van der Waals surface area (Å²) in [6.45, 7) is 2.62. The van der Waals surface area contributed by atoms with Gasteiger partial charge in [-0.1, -0.05) is 72.6 Å². The predicted molar refractivity (Wildman–Crippen MR) is 163 cm³/mol. The van der Waals surface area contributed by atoms with Crippen LogP contribution in [-0.2, 0) is 11.3 Å². The molecule has 7 nitrogen and oxygen atoms in total. The Hall–Kier alpha value is -4.20. The van der Waals surface area contributed by atoms with Crippen molar-refractivity contribution < 1.29 is 14.3 Å². The number of amides is 2. The molecule has 1 aliphatic rings. The maximum absolute atomic E-state index is 13.5. The van der Waals surface area contributed by atoms with Gasteiger partial charge in [0.05, 0.1) is 30.1 Å². The van der Waals surface area contributed by atoms with Gasteiger partial charge in [0.15, 0.2) is 5.69 Å². The van der Waals surface area contributed by atoms with Crippen LogP contribution in [0.1, 0.15) is 52.1 Å². The maximum atomic E-state index is 13.5. The summed E-state index contributed by atoms with van der Waals surface area (Å²) in [6.07, 6.45) is 4.96. The lowest BCUT2D eigenvalue weighted by atomic mass is 9.97. The predicted octanol–water partition coefficient (Wildman–Crippen LogP) is 7.11. The van der Waals surface area contributed by atoms with Gasteiger partial charge in [0.1, 0.15) is 5.75 Å². The van der Waals surface area contributed by atoms with Crippen molar-refractivity contribution in [1.29, 1.82) is 0 Å². The number of benzene rings is 3. The summed E-state index contributed by atoms with van der Waals surface area (Å²) in [5.74, 6) is 0.440. The van der Waals surface area contributed by atoms with Crippen LogP contribution in [0.4, 0.5) is 0 Å². The first-order valence-corrected chi connectivity index (χ1v) is 13.9. The van der Waals surface area contributed by atoms with E-state index in [4.69, 9.17) is 33.0 Å². The molecule has 0 radical (unpaired) electrons. The van der Waals surface area contributed by atoms with E-state index in [1.807, 2.05) is 48.5 Å². The van der Waals surface area contributed by atoms with Crippen molar-refractivity contribution in [2.24, 2.45) is 4.99 Å². The fraction of sp³-hybridized carbons (Fsp3) is 0.188.